The molecule has 25 heavy (non-hydrogen) atoms. The van der Waals surface area contributed by atoms with Gasteiger partial charge in [0.25, 0.3) is 0 Å². The molecular formula is C22H39NSi2. The predicted molar refractivity (Wildman–Crippen MR) is 119 cm³/mol. The summed E-state index contributed by atoms with van der Waals surface area (Å²) in [7, 11) is -2.53. The number of unbranched alkanes of at least 4 members (excludes halogenated alkanes) is 2. The van der Waals surface area contributed by atoms with Crippen LogP contribution in [-0.4, -0.2) is 27.5 Å². The van der Waals surface area contributed by atoms with E-state index < -0.39 is 16.1 Å². The lowest BCUT2D eigenvalue weighted by Crippen LogP contribution is -2.63. The first-order chi connectivity index (χ1) is 11.6. The minimum absolute atomic E-state index is 0.320. The van der Waals surface area contributed by atoms with Gasteiger partial charge in [0.2, 0.25) is 0 Å². The van der Waals surface area contributed by atoms with Crippen LogP contribution in [0.2, 0.25) is 39.3 Å². The van der Waals surface area contributed by atoms with Crippen LogP contribution >= 0.6 is 0 Å². The molecule has 0 spiro atoms. The van der Waals surface area contributed by atoms with Crippen molar-refractivity contribution >= 4 is 16.1 Å². The number of rotatable bonds is 9. The minimum Gasteiger partial charge on any atom is -0.306 e. The zero-order valence-electron chi connectivity index (χ0n) is 17.6. The van der Waals surface area contributed by atoms with E-state index >= 15 is 0 Å². The second-order valence-corrected chi connectivity index (χ2v) is 20.5. The first-order valence-electron chi connectivity index (χ1n) is 9.93. The van der Waals surface area contributed by atoms with Crippen molar-refractivity contribution in [3.63, 3.8) is 0 Å². The highest BCUT2D eigenvalue weighted by Gasteiger charge is 2.38. The van der Waals surface area contributed by atoms with Crippen molar-refractivity contribution < 1.29 is 0 Å². The highest BCUT2D eigenvalue weighted by Crippen LogP contribution is 2.20. The molecule has 1 atom stereocenters. The molecule has 0 aliphatic rings. The van der Waals surface area contributed by atoms with Crippen LogP contribution in [0, 0.1) is 11.8 Å². The van der Waals surface area contributed by atoms with Crippen LogP contribution in [0.15, 0.2) is 30.3 Å². The van der Waals surface area contributed by atoms with Crippen LogP contribution in [0.5, 0.6) is 0 Å². The topological polar surface area (TPSA) is 12.0 Å². The van der Waals surface area contributed by atoms with E-state index in [9.17, 15) is 0 Å². The molecule has 0 radical (unpaired) electrons. The van der Waals surface area contributed by atoms with Crippen LogP contribution in [-0.2, 0) is 6.42 Å². The fraction of sp³-hybridized carbons (Fsp3) is 0.636. The number of aryl methyl sites for hydroxylation is 1. The van der Waals surface area contributed by atoms with E-state index in [0.717, 1.165) is 19.3 Å². The Morgan fingerprint density at radius 3 is 2.08 bits per heavy atom. The Morgan fingerprint density at radius 1 is 0.960 bits per heavy atom. The van der Waals surface area contributed by atoms with Crippen LogP contribution < -0.4 is 5.32 Å². The SMILES string of the molecule is CCCCC#CC(CCc1ccccc1)NC([Si](C)(C)C)[Si](C)(C)C. The molecule has 0 bridgehead atoms. The molecule has 0 heterocycles. The third-order valence-electron chi connectivity index (χ3n) is 4.60. The van der Waals surface area contributed by atoms with E-state index in [4.69, 9.17) is 0 Å². The van der Waals surface area contributed by atoms with Crippen LogP contribution in [0.3, 0.4) is 0 Å². The maximum Gasteiger partial charge on any atom is 0.0690 e. The van der Waals surface area contributed by atoms with Gasteiger partial charge in [-0.2, -0.15) is 0 Å². The molecule has 1 rings (SSSR count). The summed E-state index contributed by atoms with van der Waals surface area (Å²) in [6.45, 7) is 17.2. The zero-order chi connectivity index (χ0) is 18.9. The van der Waals surface area contributed by atoms with Gasteiger partial charge < -0.3 is 5.32 Å². The van der Waals surface area contributed by atoms with Crippen molar-refractivity contribution in [1.29, 1.82) is 0 Å². The van der Waals surface area contributed by atoms with Gasteiger partial charge in [-0.15, -0.1) is 5.92 Å². The molecule has 0 aliphatic carbocycles. The van der Waals surface area contributed by atoms with Crippen molar-refractivity contribution in [2.45, 2.75) is 89.6 Å². The molecule has 3 heteroatoms. The van der Waals surface area contributed by atoms with Crippen molar-refractivity contribution in [2.75, 3.05) is 0 Å². The van der Waals surface area contributed by atoms with E-state index in [1.165, 1.54) is 18.4 Å². The maximum atomic E-state index is 4.03. The lowest BCUT2D eigenvalue weighted by Gasteiger charge is -2.40. The van der Waals surface area contributed by atoms with Gasteiger partial charge in [0, 0.05) is 6.42 Å². The molecule has 1 nitrogen and oxygen atoms in total. The Labute approximate surface area is 159 Å². The molecule has 1 unspecified atom stereocenters. The van der Waals surface area contributed by atoms with Crippen LogP contribution in [0.4, 0.5) is 0 Å². The van der Waals surface area contributed by atoms with Gasteiger partial charge in [-0.1, -0.05) is 88.9 Å². The highest BCUT2D eigenvalue weighted by molar-refractivity contribution is 6.96. The summed E-state index contributed by atoms with van der Waals surface area (Å²) < 4.78 is 0. The summed E-state index contributed by atoms with van der Waals surface area (Å²) in [6, 6.07) is 11.2. The van der Waals surface area contributed by atoms with Gasteiger partial charge in [0.05, 0.1) is 22.2 Å². The summed E-state index contributed by atoms with van der Waals surface area (Å²) in [4.78, 5) is 0. The van der Waals surface area contributed by atoms with E-state index in [-0.39, 0.29) is 0 Å². The van der Waals surface area contributed by atoms with Gasteiger partial charge in [-0.3, -0.25) is 0 Å². The standard InChI is InChI=1S/C22H39NSi2/c1-8-9-10-14-17-21(19-18-20-15-12-11-13-16-20)23-22(24(2,3)4)25(5,6)7/h11-13,15-16,21-23H,8-10,18-19H2,1-7H3. The molecule has 1 N–H and O–H groups in total. The molecule has 0 aromatic heterocycles. The fourth-order valence-corrected chi connectivity index (χ4v) is 15.4. The quantitative estimate of drug-likeness (QED) is 0.323. The van der Waals surface area contributed by atoms with E-state index in [1.807, 2.05) is 0 Å². The minimum atomic E-state index is -1.26. The Balaban J connectivity index is 2.86. The number of nitrogens with one attached hydrogen (secondary N) is 1. The van der Waals surface area contributed by atoms with Crippen LogP contribution in [0.25, 0.3) is 0 Å². The summed E-state index contributed by atoms with van der Waals surface area (Å²) in [6.07, 6.45) is 5.68. The number of hydrogen-bond donors (Lipinski definition) is 1. The lowest BCUT2D eigenvalue weighted by atomic mass is 10.1. The van der Waals surface area contributed by atoms with Gasteiger partial charge in [0.15, 0.2) is 0 Å². The van der Waals surface area contributed by atoms with Gasteiger partial charge >= 0.3 is 0 Å². The van der Waals surface area contributed by atoms with E-state index in [0.29, 0.717) is 11.3 Å². The summed E-state index contributed by atoms with van der Waals surface area (Å²) in [5, 5.41) is 4.73. The zero-order valence-corrected chi connectivity index (χ0v) is 19.6. The molecular weight excluding hydrogens is 334 g/mol. The van der Waals surface area contributed by atoms with Crippen molar-refractivity contribution in [1.82, 2.24) is 5.32 Å². The third-order valence-corrected chi connectivity index (χ3v) is 13.6. The lowest BCUT2D eigenvalue weighted by molar-refractivity contribution is 0.584. The predicted octanol–water partition coefficient (Wildman–Crippen LogP) is 5.89. The first kappa shape index (κ1) is 22.2. The highest BCUT2D eigenvalue weighted by atomic mass is 28.4. The van der Waals surface area contributed by atoms with Gasteiger partial charge in [-0.05, 0) is 30.1 Å². The number of benzene rings is 1. The average Bonchev–Trinajstić information content (AvgIpc) is 2.51. The Morgan fingerprint density at radius 2 is 1.56 bits per heavy atom. The summed E-state index contributed by atoms with van der Waals surface area (Å²) in [5.74, 6) is 7.03. The van der Waals surface area contributed by atoms with Crippen molar-refractivity contribution in [3.8, 4) is 11.8 Å². The first-order valence-corrected chi connectivity index (χ1v) is 17.1. The van der Waals surface area contributed by atoms with E-state index in [1.54, 1.807) is 0 Å². The molecule has 0 saturated heterocycles. The third kappa shape index (κ3) is 8.90. The molecule has 1 aromatic carbocycles. The Kier molecular flexibility index (Phi) is 9.20. The molecule has 0 fully saturated rings. The van der Waals surface area contributed by atoms with Crippen LogP contribution in [0.1, 0.15) is 38.2 Å². The Hall–Kier alpha value is -0.826. The normalized spacial score (nSPS) is 13.4. The Bertz CT molecular complexity index is 529. The largest absolute Gasteiger partial charge is 0.306 e. The van der Waals surface area contributed by atoms with Crippen molar-refractivity contribution in [3.05, 3.63) is 35.9 Å². The number of hydrogen-bond acceptors (Lipinski definition) is 1. The van der Waals surface area contributed by atoms with Gasteiger partial charge in [-0.25, -0.2) is 0 Å². The summed E-state index contributed by atoms with van der Waals surface area (Å²) in [5.41, 5.74) is 1.42. The second-order valence-electron chi connectivity index (χ2n) is 9.33. The smallest absolute Gasteiger partial charge is 0.0690 e. The van der Waals surface area contributed by atoms with Gasteiger partial charge in [0.1, 0.15) is 0 Å². The average molecular weight is 374 g/mol. The fourth-order valence-electron chi connectivity index (χ4n) is 3.61. The summed E-state index contributed by atoms with van der Waals surface area (Å²) >= 11 is 0. The molecule has 0 amide bonds. The molecule has 0 saturated carbocycles. The monoisotopic (exact) mass is 373 g/mol. The molecule has 0 aliphatic heterocycles. The van der Waals surface area contributed by atoms with Crippen molar-refractivity contribution in [2.24, 2.45) is 0 Å². The molecule has 140 valence electrons. The maximum absolute atomic E-state index is 4.03. The van der Waals surface area contributed by atoms with E-state index in [2.05, 4.69) is 93.7 Å². The molecule has 1 aromatic rings. The second kappa shape index (κ2) is 10.4.